The molecule has 1 aromatic carbocycles. The average Bonchev–Trinajstić information content (AvgIpc) is 2.63. The zero-order chi connectivity index (χ0) is 18.0. The van der Waals surface area contributed by atoms with Crippen molar-refractivity contribution in [2.75, 3.05) is 19.0 Å². The van der Waals surface area contributed by atoms with Gasteiger partial charge in [-0.25, -0.2) is 9.18 Å². The highest BCUT2D eigenvalue weighted by Gasteiger charge is 2.52. The van der Waals surface area contributed by atoms with Gasteiger partial charge in [0.15, 0.2) is 0 Å². The zero-order valence-electron chi connectivity index (χ0n) is 13.3. The summed E-state index contributed by atoms with van der Waals surface area (Å²) in [6.45, 7) is 3.57. The number of carbonyl (C=O) groups is 2. The molecule has 0 spiro atoms. The van der Waals surface area contributed by atoms with Crippen molar-refractivity contribution in [1.29, 1.82) is 0 Å². The predicted octanol–water partition coefficient (Wildman–Crippen LogP) is 1.43. The number of thioether (sulfide) groups is 1. The number of fused-ring (bicyclic) bond motifs is 1. The van der Waals surface area contributed by atoms with Crippen molar-refractivity contribution in [2.24, 2.45) is 5.73 Å². The van der Waals surface area contributed by atoms with Crippen molar-refractivity contribution < 1.29 is 23.5 Å². The van der Waals surface area contributed by atoms with E-state index in [1.807, 2.05) is 0 Å². The van der Waals surface area contributed by atoms with E-state index in [1.165, 1.54) is 40.9 Å². The third kappa shape index (κ3) is 3.40. The largest absolute Gasteiger partial charge is 0.489 e. The van der Waals surface area contributed by atoms with Crippen LogP contribution in [0.1, 0.15) is 0 Å². The van der Waals surface area contributed by atoms with Crippen LogP contribution in [0.4, 0.5) is 4.39 Å². The van der Waals surface area contributed by atoms with E-state index in [-0.39, 0.29) is 30.2 Å². The standard InChI is InChI=1S/C17H17FN2O4S/c1-2-6-23-17(22)14-10(8-24-12-5-3-4-11(18)7-12)9-25-16-13(19)15(21)20(14)16/h2-5,7,13,16H,1,6,8-9,19H2/t13?,16-/m0/s1. The summed E-state index contributed by atoms with van der Waals surface area (Å²) in [6, 6.07) is 5.08. The second kappa shape index (κ2) is 7.28. The highest BCUT2D eigenvalue weighted by molar-refractivity contribution is 8.00. The van der Waals surface area contributed by atoms with Gasteiger partial charge in [0.25, 0.3) is 0 Å². The van der Waals surface area contributed by atoms with Crippen LogP contribution in [0.5, 0.6) is 5.75 Å². The number of ether oxygens (including phenoxy) is 2. The normalized spacial score (nSPS) is 22.2. The van der Waals surface area contributed by atoms with Crippen LogP contribution < -0.4 is 10.5 Å². The van der Waals surface area contributed by atoms with E-state index >= 15 is 0 Å². The molecule has 0 saturated carbocycles. The van der Waals surface area contributed by atoms with Crippen LogP contribution in [0.15, 0.2) is 48.2 Å². The Kier molecular flexibility index (Phi) is 5.10. The molecule has 1 saturated heterocycles. The highest BCUT2D eigenvalue weighted by Crippen LogP contribution is 2.39. The van der Waals surface area contributed by atoms with Gasteiger partial charge in [-0.2, -0.15) is 0 Å². The van der Waals surface area contributed by atoms with Crippen molar-refractivity contribution in [1.82, 2.24) is 4.90 Å². The molecule has 1 unspecified atom stereocenters. The van der Waals surface area contributed by atoms with Gasteiger partial charge in [-0.1, -0.05) is 18.7 Å². The molecule has 25 heavy (non-hydrogen) atoms. The zero-order valence-corrected chi connectivity index (χ0v) is 14.1. The molecule has 6 nitrogen and oxygen atoms in total. The summed E-state index contributed by atoms with van der Waals surface area (Å²) in [5, 5.41) is -0.281. The number of nitrogens with zero attached hydrogens (tertiary/aromatic N) is 1. The molecule has 3 rings (SSSR count). The topological polar surface area (TPSA) is 81.9 Å². The summed E-state index contributed by atoms with van der Waals surface area (Å²) in [5.74, 6) is -0.561. The summed E-state index contributed by atoms with van der Waals surface area (Å²) in [7, 11) is 0. The quantitative estimate of drug-likeness (QED) is 0.467. The molecule has 1 fully saturated rings. The lowest BCUT2D eigenvalue weighted by Crippen LogP contribution is -2.68. The van der Waals surface area contributed by atoms with Gasteiger partial charge in [-0.05, 0) is 12.1 Å². The Hall–Kier alpha value is -2.32. The lowest BCUT2D eigenvalue weighted by Gasteiger charge is -2.48. The Morgan fingerprint density at radius 3 is 3.04 bits per heavy atom. The molecule has 132 valence electrons. The fourth-order valence-electron chi connectivity index (χ4n) is 2.61. The first kappa shape index (κ1) is 17.5. The molecule has 1 aromatic rings. The molecular formula is C17H17FN2O4S. The monoisotopic (exact) mass is 364 g/mol. The van der Waals surface area contributed by atoms with Gasteiger partial charge in [0.05, 0.1) is 0 Å². The third-order valence-corrected chi connectivity index (χ3v) is 5.18. The van der Waals surface area contributed by atoms with E-state index in [0.717, 1.165) is 0 Å². The van der Waals surface area contributed by atoms with Crippen molar-refractivity contribution in [2.45, 2.75) is 11.4 Å². The van der Waals surface area contributed by atoms with Crippen molar-refractivity contribution in [3.05, 3.63) is 54.0 Å². The van der Waals surface area contributed by atoms with Crippen molar-refractivity contribution in [3.63, 3.8) is 0 Å². The second-order valence-electron chi connectivity index (χ2n) is 5.52. The van der Waals surface area contributed by atoms with Gasteiger partial charge in [-0.15, -0.1) is 11.8 Å². The van der Waals surface area contributed by atoms with Crippen molar-refractivity contribution >= 4 is 23.6 Å². The lowest BCUT2D eigenvalue weighted by molar-refractivity contribution is -0.150. The Labute approximate surface area is 148 Å². The fraction of sp³-hybridized carbons (Fsp3) is 0.294. The number of amides is 1. The summed E-state index contributed by atoms with van der Waals surface area (Å²) in [6.07, 6.45) is 1.44. The average molecular weight is 364 g/mol. The first-order valence-electron chi connectivity index (χ1n) is 7.61. The summed E-state index contributed by atoms with van der Waals surface area (Å²) in [5.41, 5.74) is 6.55. The SMILES string of the molecule is C=CCOC(=O)C1=C(COc2cccc(F)c2)CS[C@H]2C(N)C(=O)N12. The number of benzene rings is 1. The number of halogens is 1. The Balaban J connectivity index is 1.83. The van der Waals surface area contributed by atoms with Gasteiger partial charge in [0, 0.05) is 17.4 Å². The first-order chi connectivity index (χ1) is 12.0. The number of β-lactam (4-membered cyclic amide) rings is 1. The first-order valence-corrected chi connectivity index (χ1v) is 8.66. The number of esters is 1. The fourth-order valence-corrected chi connectivity index (χ4v) is 3.88. The Bertz CT molecular complexity index is 752. The van der Waals surface area contributed by atoms with Gasteiger partial charge in [-0.3, -0.25) is 9.69 Å². The summed E-state index contributed by atoms with van der Waals surface area (Å²) >= 11 is 1.46. The smallest absolute Gasteiger partial charge is 0.355 e. The predicted molar refractivity (Wildman–Crippen MR) is 91.1 cm³/mol. The van der Waals surface area contributed by atoms with Crippen molar-refractivity contribution in [3.8, 4) is 5.75 Å². The molecule has 0 aliphatic carbocycles. The van der Waals surface area contributed by atoms with Crippen LogP contribution in [0.3, 0.4) is 0 Å². The summed E-state index contributed by atoms with van der Waals surface area (Å²) in [4.78, 5) is 25.8. The minimum absolute atomic E-state index is 0.0340. The van der Waals surface area contributed by atoms with Crippen LogP contribution in [0, 0.1) is 5.82 Å². The van der Waals surface area contributed by atoms with Crippen LogP contribution in [0.25, 0.3) is 0 Å². The second-order valence-corrected chi connectivity index (χ2v) is 6.63. The maximum atomic E-state index is 13.2. The maximum absolute atomic E-state index is 13.2. The van der Waals surface area contributed by atoms with Crippen LogP contribution in [0.2, 0.25) is 0 Å². The molecule has 0 bridgehead atoms. The Morgan fingerprint density at radius 2 is 2.32 bits per heavy atom. The molecule has 8 heteroatoms. The molecule has 1 amide bonds. The molecule has 2 aliphatic rings. The number of nitrogens with two attached hydrogens (primary N) is 1. The number of hydrogen-bond donors (Lipinski definition) is 1. The molecule has 0 aromatic heterocycles. The highest BCUT2D eigenvalue weighted by atomic mass is 32.2. The summed E-state index contributed by atoms with van der Waals surface area (Å²) < 4.78 is 23.9. The van der Waals surface area contributed by atoms with E-state index in [0.29, 0.717) is 17.1 Å². The van der Waals surface area contributed by atoms with Gasteiger partial charge >= 0.3 is 5.97 Å². The minimum Gasteiger partial charge on any atom is -0.489 e. The molecule has 2 heterocycles. The Morgan fingerprint density at radius 1 is 1.52 bits per heavy atom. The minimum atomic E-state index is -0.627. The molecule has 2 atom stereocenters. The third-order valence-electron chi connectivity index (χ3n) is 3.82. The van der Waals surface area contributed by atoms with Crippen LogP contribution in [-0.4, -0.2) is 47.2 Å². The molecule has 2 aliphatic heterocycles. The number of rotatable bonds is 6. The van der Waals surface area contributed by atoms with Gasteiger partial charge in [0.2, 0.25) is 5.91 Å². The van der Waals surface area contributed by atoms with E-state index in [9.17, 15) is 14.0 Å². The lowest BCUT2D eigenvalue weighted by atomic mass is 10.0. The van der Waals surface area contributed by atoms with Gasteiger partial charge < -0.3 is 15.2 Å². The molecule has 0 radical (unpaired) electrons. The van der Waals surface area contributed by atoms with E-state index in [4.69, 9.17) is 15.2 Å². The van der Waals surface area contributed by atoms with E-state index < -0.39 is 17.8 Å². The molecule has 2 N–H and O–H groups in total. The maximum Gasteiger partial charge on any atom is 0.355 e. The number of hydrogen-bond acceptors (Lipinski definition) is 6. The van der Waals surface area contributed by atoms with E-state index in [2.05, 4.69) is 6.58 Å². The van der Waals surface area contributed by atoms with Gasteiger partial charge in [0.1, 0.15) is 41.9 Å². The van der Waals surface area contributed by atoms with Crippen LogP contribution >= 0.6 is 11.8 Å². The van der Waals surface area contributed by atoms with E-state index in [1.54, 1.807) is 6.07 Å². The molecular weight excluding hydrogens is 347 g/mol. The van der Waals surface area contributed by atoms with Crippen LogP contribution in [-0.2, 0) is 14.3 Å². The number of carbonyl (C=O) groups excluding carboxylic acids is 2.